The summed E-state index contributed by atoms with van der Waals surface area (Å²) in [6.07, 6.45) is 1.16. The lowest BCUT2D eigenvalue weighted by Gasteiger charge is -2.32. The number of nitrogens with zero attached hydrogens (tertiary/aromatic N) is 1. The molecule has 7 aromatic rings. The predicted molar refractivity (Wildman–Crippen MR) is 331 cm³/mol. The molecule has 2 aliphatic heterocycles. The highest BCUT2D eigenvalue weighted by Gasteiger charge is 2.52. The summed E-state index contributed by atoms with van der Waals surface area (Å²) in [6, 6.07) is 56.9. The third-order valence-electron chi connectivity index (χ3n) is 14.6. The van der Waals surface area contributed by atoms with Crippen molar-refractivity contribution < 1.29 is 32.9 Å². The summed E-state index contributed by atoms with van der Waals surface area (Å²) in [5.74, 6) is 0.628. The molecule has 402 valence electrons. The molecule has 0 N–H and O–H groups in total. The highest BCUT2D eigenvalue weighted by atomic mass is 79.9. The quantitative estimate of drug-likeness (QED) is 0.0538. The average Bonchev–Trinajstić information content (AvgIpc) is 3.81. The Morgan fingerprint density at radius 1 is 0.455 bits per heavy atom. The molecule has 0 saturated carbocycles. The van der Waals surface area contributed by atoms with Crippen molar-refractivity contribution in [3.05, 3.63) is 216 Å². The molecule has 8 nitrogen and oxygen atoms in total. The van der Waals surface area contributed by atoms with Crippen LogP contribution in [0.5, 0.6) is 0 Å². The van der Waals surface area contributed by atoms with Gasteiger partial charge in [0.25, 0.3) is 0 Å². The molecule has 0 aliphatic carbocycles. The lowest BCUT2D eigenvalue weighted by Crippen LogP contribution is -2.41. The molecule has 0 spiro atoms. The van der Waals surface area contributed by atoms with Gasteiger partial charge in [0.05, 0.1) is 48.8 Å². The van der Waals surface area contributed by atoms with Gasteiger partial charge in [-0.25, -0.2) is 0 Å². The fourth-order valence-electron chi connectivity index (χ4n) is 8.18. The molecular weight excluding hydrogens is 1220 g/mol. The number of anilines is 3. The second kappa shape index (κ2) is 26.9. The standard InChI is InChI=1S/C28H40B2O6.C22H21Br2N.C13H8Br2O/c1-25(2)26(3,4)34-29(33-25)23-13-9-21(10-14-23)19-31-17-18-32-20-22-11-15-24(16-12-22)30-35-27(5,6)28(7,8)36-30;1-3-16(2)17-4-10-20(11-5-17)25(21-12-6-18(23)7-13-21)22-14-8-19(24)9-15-22;14-11-5-1-9(2-6-11)13(16)10-3-7-12(15)8-4-10/h9-16H,17-20H2,1-8H3;4-16H,3H2,1-2H3;1-8H. The summed E-state index contributed by atoms with van der Waals surface area (Å²) in [5, 5.41) is 0. The van der Waals surface area contributed by atoms with Gasteiger partial charge in [0.1, 0.15) is 0 Å². The van der Waals surface area contributed by atoms with Gasteiger partial charge in [-0.3, -0.25) is 4.79 Å². The zero-order chi connectivity index (χ0) is 55.5. The summed E-state index contributed by atoms with van der Waals surface area (Å²) in [4.78, 5) is 14.3. The normalized spacial score (nSPS) is 16.2. The zero-order valence-electron chi connectivity index (χ0n) is 45.8. The highest BCUT2D eigenvalue weighted by Crippen LogP contribution is 2.39. The van der Waals surface area contributed by atoms with Gasteiger partial charge in [-0.2, -0.15) is 0 Å². The van der Waals surface area contributed by atoms with E-state index in [0.29, 0.717) is 43.5 Å². The van der Waals surface area contributed by atoms with Crippen molar-refractivity contribution in [1.82, 2.24) is 0 Å². The average molecular weight is 1290 g/mol. The van der Waals surface area contributed by atoms with Crippen LogP contribution in [0.2, 0.25) is 0 Å². The molecule has 1 unspecified atom stereocenters. The first-order valence-corrected chi connectivity index (χ1v) is 29.2. The molecule has 2 heterocycles. The van der Waals surface area contributed by atoms with Crippen LogP contribution in [0.1, 0.15) is 114 Å². The van der Waals surface area contributed by atoms with E-state index in [-0.39, 0.29) is 42.4 Å². The second-order valence-corrected chi connectivity index (χ2v) is 25.0. The van der Waals surface area contributed by atoms with Gasteiger partial charge in [0.2, 0.25) is 0 Å². The monoisotopic (exact) mass is 1290 g/mol. The molecular formula is C63H69B2Br4NO7. The summed E-state index contributed by atoms with van der Waals surface area (Å²) >= 11 is 13.7. The maximum absolute atomic E-state index is 12.0. The van der Waals surface area contributed by atoms with Crippen LogP contribution < -0.4 is 15.8 Å². The Bertz CT molecular complexity index is 2770. The van der Waals surface area contributed by atoms with Crippen molar-refractivity contribution in [3.63, 3.8) is 0 Å². The van der Waals surface area contributed by atoms with Crippen molar-refractivity contribution in [2.24, 2.45) is 0 Å². The van der Waals surface area contributed by atoms with E-state index >= 15 is 0 Å². The zero-order valence-corrected chi connectivity index (χ0v) is 52.1. The molecule has 0 bridgehead atoms. The topological polar surface area (TPSA) is 75.7 Å². The predicted octanol–water partition coefficient (Wildman–Crippen LogP) is 16.7. The summed E-state index contributed by atoms with van der Waals surface area (Å²) < 4.78 is 40.2. The molecule has 2 aliphatic rings. The molecule has 0 amide bonds. The van der Waals surface area contributed by atoms with E-state index < -0.39 is 0 Å². The number of ketones is 1. The van der Waals surface area contributed by atoms with Crippen LogP contribution >= 0.6 is 63.7 Å². The van der Waals surface area contributed by atoms with Gasteiger partial charge in [-0.15, -0.1) is 0 Å². The van der Waals surface area contributed by atoms with Crippen LogP contribution in [-0.2, 0) is 41.3 Å². The first kappa shape index (κ1) is 60.5. The largest absolute Gasteiger partial charge is 0.494 e. The smallest absolute Gasteiger partial charge is 0.399 e. The Hall–Kier alpha value is -4.18. The molecule has 9 rings (SSSR count). The van der Waals surface area contributed by atoms with Crippen molar-refractivity contribution in [3.8, 4) is 0 Å². The Morgan fingerprint density at radius 2 is 0.740 bits per heavy atom. The maximum atomic E-state index is 12.0. The van der Waals surface area contributed by atoms with E-state index in [0.717, 1.165) is 63.4 Å². The van der Waals surface area contributed by atoms with Gasteiger partial charge in [-0.1, -0.05) is 138 Å². The number of carbonyl (C=O) groups is 1. The van der Waals surface area contributed by atoms with E-state index in [1.165, 1.54) is 5.56 Å². The van der Waals surface area contributed by atoms with Gasteiger partial charge in [0, 0.05) is 46.1 Å². The minimum atomic E-state index is -0.343. The lowest BCUT2D eigenvalue weighted by atomic mass is 9.79. The van der Waals surface area contributed by atoms with E-state index in [2.05, 4.69) is 235 Å². The molecule has 77 heavy (non-hydrogen) atoms. The van der Waals surface area contributed by atoms with Crippen LogP contribution in [0.4, 0.5) is 17.1 Å². The first-order chi connectivity index (χ1) is 36.5. The van der Waals surface area contributed by atoms with Crippen LogP contribution in [-0.4, -0.2) is 55.6 Å². The number of benzene rings is 7. The number of rotatable bonds is 16. The fourth-order valence-corrected chi connectivity index (χ4v) is 9.24. The number of hydrogen-bond donors (Lipinski definition) is 0. The number of carbonyl (C=O) groups excluding carboxylic acids is 1. The number of halogens is 4. The van der Waals surface area contributed by atoms with Gasteiger partial charge < -0.3 is 33.0 Å². The van der Waals surface area contributed by atoms with Gasteiger partial charge in [0.15, 0.2) is 5.78 Å². The lowest BCUT2D eigenvalue weighted by molar-refractivity contribution is 0.00578. The molecule has 14 heteroatoms. The van der Waals surface area contributed by atoms with Crippen molar-refractivity contribution in [1.29, 1.82) is 0 Å². The van der Waals surface area contributed by atoms with E-state index in [9.17, 15) is 4.79 Å². The van der Waals surface area contributed by atoms with Crippen molar-refractivity contribution in [2.75, 3.05) is 18.1 Å². The molecule has 1 atom stereocenters. The SMILES string of the molecule is CC1(C)OB(c2ccc(COCCOCc3ccc(B4OC(C)(C)C(C)(C)O4)cc3)cc2)OC1(C)C.CCC(C)c1ccc(N(c2ccc(Br)cc2)c2ccc(Br)cc2)cc1.O=C(c1ccc(Br)cc1)c1ccc(Br)cc1. The molecule has 2 fully saturated rings. The van der Waals surface area contributed by atoms with Gasteiger partial charge >= 0.3 is 14.2 Å². The summed E-state index contributed by atoms with van der Waals surface area (Å²) in [6.45, 7) is 23.2. The number of ether oxygens (including phenoxy) is 2. The van der Waals surface area contributed by atoms with E-state index in [1.807, 2.05) is 72.8 Å². The van der Waals surface area contributed by atoms with Crippen LogP contribution in [0.15, 0.2) is 188 Å². The second-order valence-electron chi connectivity index (χ2n) is 21.3. The Kier molecular flexibility index (Phi) is 21.1. The van der Waals surface area contributed by atoms with Crippen molar-refractivity contribution in [2.45, 2.75) is 117 Å². The molecule has 0 aromatic heterocycles. The van der Waals surface area contributed by atoms with E-state index in [4.69, 9.17) is 28.1 Å². The Morgan fingerprint density at radius 3 is 1.04 bits per heavy atom. The third-order valence-corrected chi connectivity index (χ3v) is 16.7. The first-order valence-electron chi connectivity index (χ1n) is 26.1. The molecule has 0 radical (unpaired) electrons. The summed E-state index contributed by atoms with van der Waals surface area (Å²) in [5.41, 5.74) is 9.12. The van der Waals surface area contributed by atoms with Gasteiger partial charge in [-0.05, 0) is 205 Å². The Balaban J connectivity index is 0.000000181. The van der Waals surface area contributed by atoms with E-state index in [1.54, 1.807) is 0 Å². The highest BCUT2D eigenvalue weighted by molar-refractivity contribution is 9.11. The minimum Gasteiger partial charge on any atom is -0.399 e. The maximum Gasteiger partial charge on any atom is 0.494 e. The van der Waals surface area contributed by atoms with Crippen LogP contribution in [0.3, 0.4) is 0 Å². The Labute approximate surface area is 491 Å². The fraction of sp³-hybridized carbons (Fsp3) is 0.317. The summed E-state index contributed by atoms with van der Waals surface area (Å²) in [7, 11) is -0.686. The number of hydrogen-bond acceptors (Lipinski definition) is 8. The van der Waals surface area contributed by atoms with Crippen LogP contribution in [0, 0.1) is 0 Å². The molecule has 2 saturated heterocycles. The third kappa shape index (κ3) is 16.2. The minimum absolute atomic E-state index is 0.0417. The van der Waals surface area contributed by atoms with Crippen LogP contribution in [0.25, 0.3) is 0 Å². The molecule has 7 aromatic carbocycles. The van der Waals surface area contributed by atoms with Crippen molar-refractivity contribution >= 4 is 112 Å².